The monoisotopic (exact) mass is 350 g/mol. The van der Waals surface area contributed by atoms with Gasteiger partial charge in [-0.3, -0.25) is 14.4 Å². The first kappa shape index (κ1) is 17.6. The molecule has 0 atom stereocenters. The molecule has 0 saturated carbocycles. The van der Waals surface area contributed by atoms with E-state index in [0.29, 0.717) is 5.57 Å². The van der Waals surface area contributed by atoms with Gasteiger partial charge in [-0.15, -0.1) is 0 Å². The Bertz CT molecular complexity index is 862. The molecule has 0 saturated heterocycles. The van der Waals surface area contributed by atoms with E-state index in [2.05, 4.69) is 6.58 Å². The lowest BCUT2D eigenvalue weighted by molar-refractivity contribution is -0.384. The molecule has 0 spiro atoms. The van der Waals surface area contributed by atoms with Gasteiger partial charge in [0.1, 0.15) is 5.82 Å². The molecule has 0 amide bonds. The molecule has 0 aliphatic rings. The summed E-state index contributed by atoms with van der Waals surface area (Å²) in [5, 5.41) is 10.7. The van der Waals surface area contributed by atoms with Crippen LogP contribution in [0.3, 0.4) is 0 Å². The maximum absolute atomic E-state index is 13.1. The van der Waals surface area contributed by atoms with E-state index in [1.165, 1.54) is 24.3 Å². The second-order valence-electron chi connectivity index (χ2n) is 5.20. The molecule has 0 radical (unpaired) electrons. The Morgan fingerprint density at radius 3 is 2.17 bits per heavy atom. The van der Waals surface area contributed by atoms with E-state index < -0.39 is 20.8 Å². The fourth-order valence-electron chi connectivity index (χ4n) is 2.03. The molecule has 0 bridgehead atoms. The molecule has 126 valence electrons. The van der Waals surface area contributed by atoms with Crippen molar-refractivity contribution < 1.29 is 17.7 Å². The van der Waals surface area contributed by atoms with Crippen LogP contribution in [0.15, 0.2) is 65.6 Å². The van der Waals surface area contributed by atoms with Crippen molar-refractivity contribution in [3.8, 4) is 0 Å². The van der Waals surface area contributed by atoms with Crippen LogP contribution in [0.25, 0.3) is 0 Å². The number of anilines is 1. The third-order valence-electron chi connectivity index (χ3n) is 3.16. The van der Waals surface area contributed by atoms with Gasteiger partial charge < -0.3 is 0 Å². The highest BCUT2D eigenvalue weighted by molar-refractivity contribution is 7.92. The van der Waals surface area contributed by atoms with Crippen molar-refractivity contribution in [2.45, 2.75) is 11.8 Å². The Balaban J connectivity index is 2.48. The number of nitro benzene ring substituents is 1. The molecule has 0 aromatic heterocycles. The lowest BCUT2D eigenvalue weighted by Crippen LogP contribution is -2.32. The average Bonchev–Trinajstić information content (AvgIpc) is 2.53. The molecule has 0 aliphatic heterocycles. The normalized spacial score (nSPS) is 11.1. The summed E-state index contributed by atoms with van der Waals surface area (Å²) >= 11 is 0. The Morgan fingerprint density at radius 1 is 1.17 bits per heavy atom. The Morgan fingerprint density at radius 2 is 1.71 bits per heavy atom. The highest BCUT2D eigenvalue weighted by Gasteiger charge is 2.25. The SMILES string of the molecule is C=C(C)CN(c1ccc(F)cc1)S(=O)(=O)c1ccc([N+](=O)[O-])cc1. The van der Waals surface area contributed by atoms with Gasteiger partial charge in [0, 0.05) is 12.1 Å². The zero-order valence-corrected chi connectivity index (χ0v) is 13.7. The molecule has 0 N–H and O–H groups in total. The fraction of sp³-hybridized carbons (Fsp3) is 0.125. The number of sulfonamides is 1. The molecule has 0 aliphatic carbocycles. The van der Waals surface area contributed by atoms with Crippen LogP contribution in [0.2, 0.25) is 0 Å². The summed E-state index contributed by atoms with van der Waals surface area (Å²) in [6.07, 6.45) is 0. The minimum atomic E-state index is -3.98. The molecule has 0 heterocycles. The van der Waals surface area contributed by atoms with Gasteiger partial charge in [-0.25, -0.2) is 12.8 Å². The minimum Gasteiger partial charge on any atom is -0.262 e. The molecule has 0 unspecified atom stereocenters. The van der Waals surface area contributed by atoms with Crippen LogP contribution in [0, 0.1) is 15.9 Å². The third-order valence-corrected chi connectivity index (χ3v) is 4.95. The summed E-state index contributed by atoms with van der Waals surface area (Å²) < 4.78 is 39.9. The number of hydrogen-bond donors (Lipinski definition) is 0. The van der Waals surface area contributed by atoms with Crippen molar-refractivity contribution >= 4 is 21.4 Å². The number of nitro groups is 1. The van der Waals surface area contributed by atoms with E-state index >= 15 is 0 Å². The highest BCUT2D eigenvalue weighted by Crippen LogP contribution is 2.26. The van der Waals surface area contributed by atoms with Gasteiger partial charge in [-0.2, -0.15) is 0 Å². The third kappa shape index (κ3) is 3.77. The van der Waals surface area contributed by atoms with Crippen LogP contribution in [0.1, 0.15) is 6.92 Å². The number of non-ortho nitro benzene ring substituents is 1. The molecule has 2 rings (SSSR count). The van der Waals surface area contributed by atoms with Gasteiger partial charge in [0.2, 0.25) is 0 Å². The van der Waals surface area contributed by atoms with Gasteiger partial charge >= 0.3 is 0 Å². The maximum Gasteiger partial charge on any atom is 0.269 e. The standard InChI is InChI=1S/C16H15FN2O4S/c1-12(2)11-18(14-5-3-13(17)4-6-14)24(22,23)16-9-7-15(8-10-16)19(20)21/h3-10H,1,11H2,2H3. The second kappa shape index (κ2) is 6.79. The average molecular weight is 350 g/mol. The van der Waals surface area contributed by atoms with Crippen LogP contribution < -0.4 is 4.31 Å². The number of rotatable bonds is 6. The van der Waals surface area contributed by atoms with Crippen molar-refractivity contribution in [2.24, 2.45) is 0 Å². The molecular formula is C16H15FN2O4S. The molecule has 6 nitrogen and oxygen atoms in total. The Kier molecular flexibility index (Phi) is 4.99. The van der Waals surface area contributed by atoms with Crippen molar-refractivity contribution in [3.63, 3.8) is 0 Å². The lowest BCUT2D eigenvalue weighted by atomic mass is 10.3. The van der Waals surface area contributed by atoms with Crippen molar-refractivity contribution in [1.29, 1.82) is 0 Å². The second-order valence-corrected chi connectivity index (χ2v) is 7.06. The van der Waals surface area contributed by atoms with Crippen molar-refractivity contribution in [2.75, 3.05) is 10.8 Å². The predicted molar refractivity (Wildman–Crippen MR) is 88.8 cm³/mol. The molecule has 2 aromatic rings. The highest BCUT2D eigenvalue weighted by atomic mass is 32.2. The molecular weight excluding hydrogens is 335 g/mol. The Hall–Kier alpha value is -2.74. The fourth-order valence-corrected chi connectivity index (χ4v) is 3.56. The first-order valence-corrected chi connectivity index (χ1v) is 8.33. The first-order chi connectivity index (χ1) is 11.2. The molecule has 24 heavy (non-hydrogen) atoms. The summed E-state index contributed by atoms with van der Waals surface area (Å²) in [5.41, 5.74) is 0.657. The maximum atomic E-state index is 13.1. The number of halogens is 1. The quantitative estimate of drug-likeness (QED) is 0.454. The summed E-state index contributed by atoms with van der Waals surface area (Å²) in [7, 11) is -3.98. The molecule has 8 heteroatoms. The smallest absolute Gasteiger partial charge is 0.262 e. The van der Waals surface area contributed by atoms with Crippen LogP contribution >= 0.6 is 0 Å². The lowest BCUT2D eigenvalue weighted by Gasteiger charge is -2.24. The largest absolute Gasteiger partial charge is 0.269 e. The van der Waals surface area contributed by atoms with Crippen LogP contribution in [0.5, 0.6) is 0 Å². The van der Waals surface area contributed by atoms with Crippen LogP contribution in [-0.2, 0) is 10.0 Å². The number of hydrogen-bond acceptors (Lipinski definition) is 4. The zero-order valence-electron chi connectivity index (χ0n) is 12.8. The summed E-state index contributed by atoms with van der Waals surface area (Å²) in [6, 6.07) is 9.60. The zero-order chi connectivity index (χ0) is 17.9. The summed E-state index contributed by atoms with van der Waals surface area (Å²) in [4.78, 5) is 9.99. The van der Waals surface area contributed by atoms with Gasteiger partial charge in [-0.1, -0.05) is 12.2 Å². The van der Waals surface area contributed by atoms with Gasteiger partial charge in [0.05, 0.1) is 22.1 Å². The van der Waals surface area contributed by atoms with E-state index in [1.807, 2.05) is 0 Å². The van der Waals surface area contributed by atoms with E-state index in [0.717, 1.165) is 28.6 Å². The molecule has 0 fully saturated rings. The topological polar surface area (TPSA) is 80.5 Å². The summed E-state index contributed by atoms with van der Waals surface area (Å²) in [5.74, 6) is -0.484. The van der Waals surface area contributed by atoms with Crippen molar-refractivity contribution in [1.82, 2.24) is 0 Å². The van der Waals surface area contributed by atoms with E-state index in [9.17, 15) is 22.9 Å². The number of nitrogens with zero attached hydrogens (tertiary/aromatic N) is 2. The summed E-state index contributed by atoms with van der Waals surface area (Å²) in [6.45, 7) is 5.39. The van der Waals surface area contributed by atoms with Gasteiger partial charge in [0.25, 0.3) is 15.7 Å². The van der Waals surface area contributed by atoms with E-state index in [4.69, 9.17) is 0 Å². The van der Waals surface area contributed by atoms with Crippen molar-refractivity contribution in [3.05, 3.63) is 76.6 Å². The van der Waals surface area contributed by atoms with Gasteiger partial charge in [0.15, 0.2) is 0 Å². The van der Waals surface area contributed by atoms with Crippen LogP contribution in [0.4, 0.5) is 15.8 Å². The first-order valence-electron chi connectivity index (χ1n) is 6.89. The van der Waals surface area contributed by atoms with Gasteiger partial charge in [-0.05, 0) is 43.3 Å². The van der Waals surface area contributed by atoms with E-state index in [1.54, 1.807) is 6.92 Å². The predicted octanol–water partition coefficient (Wildman–Crippen LogP) is 3.51. The Labute approximate surface area is 139 Å². The van der Waals surface area contributed by atoms with E-state index in [-0.39, 0.29) is 22.8 Å². The minimum absolute atomic E-state index is 0.00491. The van der Waals surface area contributed by atoms with Crippen LogP contribution in [-0.4, -0.2) is 19.9 Å². The molecule has 2 aromatic carbocycles. The number of benzene rings is 2.